The van der Waals surface area contributed by atoms with E-state index < -0.39 is 28.0 Å². The lowest BCUT2D eigenvalue weighted by atomic mass is 10.2. The second kappa shape index (κ2) is 8.02. The van der Waals surface area contributed by atoms with Gasteiger partial charge in [0.1, 0.15) is 6.61 Å². The van der Waals surface area contributed by atoms with E-state index in [0.29, 0.717) is 4.47 Å². The van der Waals surface area contributed by atoms with E-state index >= 15 is 0 Å². The summed E-state index contributed by atoms with van der Waals surface area (Å²) in [6, 6.07) is 3.77. The molecule has 0 aliphatic carbocycles. The van der Waals surface area contributed by atoms with E-state index in [1.807, 2.05) is 0 Å². The molecule has 0 atom stereocenters. The van der Waals surface area contributed by atoms with Crippen LogP contribution in [0.5, 0.6) is 0 Å². The average molecular weight is 407 g/mol. The average Bonchev–Trinajstić information content (AvgIpc) is 2.36. The van der Waals surface area contributed by atoms with E-state index in [-0.39, 0.29) is 23.6 Å². The molecule has 0 spiro atoms. The molecule has 10 heteroatoms. The van der Waals surface area contributed by atoms with Crippen LogP contribution in [-0.4, -0.2) is 40.5 Å². The van der Waals surface area contributed by atoms with Crippen LogP contribution in [0, 0.1) is 0 Å². The molecule has 1 rings (SSSR count). The van der Waals surface area contributed by atoms with E-state index in [4.69, 9.17) is 10.7 Å². The van der Waals surface area contributed by atoms with Crippen molar-refractivity contribution in [3.05, 3.63) is 28.2 Å². The Balaban J connectivity index is 2.64. The minimum Gasteiger partial charge on any atom is -0.374 e. The van der Waals surface area contributed by atoms with Crippen LogP contribution in [0.4, 0.5) is 8.78 Å². The SMILES string of the molecule is O=C(NCCOCC(F)F)c1cc(Br)cc(S(=O)(=O)Cl)c1. The normalized spacial score (nSPS) is 11.7. The van der Waals surface area contributed by atoms with Gasteiger partial charge < -0.3 is 10.1 Å². The van der Waals surface area contributed by atoms with E-state index in [9.17, 15) is 22.0 Å². The number of ether oxygens (including phenoxy) is 1. The largest absolute Gasteiger partial charge is 0.374 e. The lowest BCUT2D eigenvalue weighted by Crippen LogP contribution is -2.28. The van der Waals surface area contributed by atoms with Gasteiger partial charge in [0.2, 0.25) is 0 Å². The van der Waals surface area contributed by atoms with Crippen LogP contribution in [0.1, 0.15) is 10.4 Å². The van der Waals surface area contributed by atoms with Crippen LogP contribution < -0.4 is 5.32 Å². The molecule has 0 bridgehead atoms. The summed E-state index contributed by atoms with van der Waals surface area (Å²) in [7, 11) is 1.25. The fourth-order valence-electron chi connectivity index (χ4n) is 1.35. The molecule has 1 aromatic rings. The summed E-state index contributed by atoms with van der Waals surface area (Å²) in [5.74, 6) is -0.571. The van der Waals surface area contributed by atoms with Crippen LogP contribution in [0.2, 0.25) is 0 Å². The summed E-state index contributed by atoms with van der Waals surface area (Å²) in [6.45, 7) is -0.771. The first kappa shape index (κ1) is 18.3. The van der Waals surface area contributed by atoms with Crippen molar-refractivity contribution in [1.29, 1.82) is 0 Å². The maximum absolute atomic E-state index is 11.8. The first-order valence-corrected chi connectivity index (χ1v) is 8.69. The van der Waals surface area contributed by atoms with Gasteiger partial charge in [-0.2, -0.15) is 0 Å². The van der Waals surface area contributed by atoms with Gasteiger partial charge in [0, 0.05) is 27.3 Å². The highest BCUT2D eigenvalue weighted by Gasteiger charge is 2.15. The molecule has 0 aromatic heterocycles. The van der Waals surface area contributed by atoms with Crippen molar-refractivity contribution in [2.75, 3.05) is 19.8 Å². The molecule has 21 heavy (non-hydrogen) atoms. The summed E-state index contributed by atoms with van der Waals surface area (Å²) >= 11 is 3.07. The molecule has 0 aliphatic heterocycles. The first-order chi connectivity index (χ1) is 9.70. The summed E-state index contributed by atoms with van der Waals surface area (Å²) in [5, 5.41) is 2.41. The van der Waals surface area contributed by atoms with Gasteiger partial charge in [-0.15, -0.1) is 0 Å². The van der Waals surface area contributed by atoms with Gasteiger partial charge >= 0.3 is 0 Å². The smallest absolute Gasteiger partial charge is 0.261 e. The monoisotopic (exact) mass is 405 g/mol. The third-order valence-electron chi connectivity index (χ3n) is 2.19. The Bertz CT molecular complexity index is 612. The predicted octanol–water partition coefficient (Wildman–Crippen LogP) is 2.39. The van der Waals surface area contributed by atoms with Gasteiger partial charge in [0.25, 0.3) is 21.4 Å². The van der Waals surface area contributed by atoms with Crippen molar-refractivity contribution < 1.29 is 26.7 Å². The van der Waals surface area contributed by atoms with Crippen molar-refractivity contribution in [3.8, 4) is 0 Å². The standard InChI is InChI=1S/C11H11BrClF2NO4S/c12-8-3-7(4-9(5-8)21(13,18)19)11(17)16-1-2-20-6-10(14)15/h3-5,10H,1-2,6H2,(H,16,17). The van der Waals surface area contributed by atoms with Crippen molar-refractivity contribution in [2.45, 2.75) is 11.3 Å². The topological polar surface area (TPSA) is 72.5 Å². The fourth-order valence-corrected chi connectivity index (χ4v) is 2.79. The van der Waals surface area contributed by atoms with E-state index in [2.05, 4.69) is 26.0 Å². The van der Waals surface area contributed by atoms with Gasteiger partial charge in [-0.3, -0.25) is 4.79 Å². The van der Waals surface area contributed by atoms with Gasteiger partial charge in [-0.05, 0) is 18.2 Å². The Hall–Kier alpha value is -0.770. The van der Waals surface area contributed by atoms with E-state index in [1.54, 1.807) is 0 Å². The van der Waals surface area contributed by atoms with E-state index in [0.717, 1.165) is 6.07 Å². The highest BCUT2D eigenvalue weighted by atomic mass is 79.9. The van der Waals surface area contributed by atoms with Crippen LogP contribution in [0.3, 0.4) is 0 Å². The highest BCUT2D eigenvalue weighted by molar-refractivity contribution is 9.10. The minimum absolute atomic E-state index is 0.0149. The summed E-state index contributed by atoms with van der Waals surface area (Å²) in [4.78, 5) is 11.6. The van der Waals surface area contributed by atoms with Gasteiger partial charge in [-0.1, -0.05) is 15.9 Å². The lowest BCUT2D eigenvalue weighted by molar-refractivity contribution is 0.0188. The molecular weight excluding hydrogens is 396 g/mol. The third kappa shape index (κ3) is 6.68. The molecule has 1 N–H and O–H groups in total. The van der Waals surface area contributed by atoms with Gasteiger partial charge in [-0.25, -0.2) is 17.2 Å². The van der Waals surface area contributed by atoms with Crippen molar-refractivity contribution in [3.63, 3.8) is 0 Å². The van der Waals surface area contributed by atoms with Gasteiger partial charge in [0.15, 0.2) is 0 Å². The number of carbonyl (C=O) groups is 1. The Morgan fingerprint density at radius 2 is 2.05 bits per heavy atom. The molecule has 1 aromatic carbocycles. The van der Waals surface area contributed by atoms with Crippen molar-refractivity contribution in [2.24, 2.45) is 0 Å². The molecule has 0 fully saturated rings. The molecular formula is C11H11BrClF2NO4S. The molecule has 0 unspecified atom stereocenters. The molecule has 1 amide bonds. The van der Waals surface area contributed by atoms with Crippen molar-refractivity contribution >= 4 is 41.6 Å². The van der Waals surface area contributed by atoms with E-state index in [1.165, 1.54) is 12.1 Å². The number of halogens is 4. The maximum Gasteiger partial charge on any atom is 0.261 e. The first-order valence-electron chi connectivity index (χ1n) is 5.59. The van der Waals surface area contributed by atoms with Crippen LogP contribution in [-0.2, 0) is 13.8 Å². The number of amides is 1. The second-order valence-corrected chi connectivity index (χ2v) is 7.32. The summed E-state index contributed by atoms with van der Waals surface area (Å²) in [6.07, 6.45) is -2.57. The Kier molecular flexibility index (Phi) is 6.98. The minimum atomic E-state index is -3.97. The molecule has 118 valence electrons. The zero-order valence-electron chi connectivity index (χ0n) is 10.5. The number of hydrogen-bond acceptors (Lipinski definition) is 4. The maximum atomic E-state index is 11.8. The highest BCUT2D eigenvalue weighted by Crippen LogP contribution is 2.22. The van der Waals surface area contributed by atoms with Crippen molar-refractivity contribution in [1.82, 2.24) is 5.32 Å². The zero-order valence-corrected chi connectivity index (χ0v) is 13.6. The Labute approximate surface area is 133 Å². The molecule has 0 saturated heterocycles. The lowest BCUT2D eigenvalue weighted by Gasteiger charge is -2.07. The number of carbonyl (C=O) groups excluding carboxylic acids is 1. The number of benzene rings is 1. The molecule has 0 heterocycles. The fraction of sp³-hybridized carbons (Fsp3) is 0.364. The molecule has 0 aliphatic rings. The van der Waals surface area contributed by atoms with Crippen LogP contribution >= 0.6 is 26.6 Å². The third-order valence-corrected chi connectivity index (χ3v) is 3.98. The quantitative estimate of drug-likeness (QED) is 0.557. The Morgan fingerprint density at radius 1 is 1.38 bits per heavy atom. The molecule has 0 radical (unpaired) electrons. The molecule has 5 nitrogen and oxygen atoms in total. The van der Waals surface area contributed by atoms with Gasteiger partial charge in [0.05, 0.1) is 11.5 Å². The predicted molar refractivity (Wildman–Crippen MR) is 76.3 cm³/mol. The summed E-state index contributed by atoms with van der Waals surface area (Å²) < 4.78 is 51.0. The molecule has 0 saturated carbocycles. The number of nitrogens with one attached hydrogen (secondary N) is 1. The number of alkyl halides is 2. The Morgan fingerprint density at radius 3 is 2.62 bits per heavy atom. The second-order valence-electron chi connectivity index (χ2n) is 3.84. The number of rotatable bonds is 7. The van der Waals surface area contributed by atoms with Crippen LogP contribution in [0.15, 0.2) is 27.6 Å². The zero-order chi connectivity index (χ0) is 16.0. The van der Waals surface area contributed by atoms with Crippen LogP contribution in [0.25, 0.3) is 0 Å². The number of hydrogen-bond donors (Lipinski definition) is 1. The summed E-state index contributed by atoms with van der Waals surface area (Å²) in [5.41, 5.74) is 0.0671.